The van der Waals surface area contributed by atoms with Gasteiger partial charge in [-0.3, -0.25) is 4.79 Å². The van der Waals surface area contributed by atoms with E-state index in [4.69, 9.17) is 17.0 Å². The molecule has 0 saturated carbocycles. The van der Waals surface area contributed by atoms with Crippen LogP contribution in [0.1, 0.15) is 30.3 Å². The summed E-state index contributed by atoms with van der Waals surface area (Å²) in [4.78, 5) is 15.9. The van der Waals surface area contributed by atoms with Crippen molar-refractivity contribution in [2.45, 2.75) is 38.7 Å². The Morgan fingerprint density at radius 2 is 2.44 bits per heavy atom. The predicted molar refractivity (Wildman–Crippen MR) is 74.5 cm³/mol. The van der Waals surface area contributed by atoms with Crippen LogP contribution in [-0.2, 0) is 16.0 Å². The maximum atomic E-state index is 11.9. The maximum Gasteiger partial charge on any atom is 0.225 e. The van der Waals surface area contributed by atoms with Crippen LogP contribution < -0.4 is 5.32 Å². The molecule has 4 nitrogen and oxygen atoms in total. The summed E-state index contributed by atoms with van der Waals surface area (Å²) in [5.74, 6) is 0.0278. The van der Waals surface area contributed by atoms with Crippen LogP contribution in [-0.4, -0.2) is 29.6 Å². The van der Waals surface area contributed by atoms with Gasteiger partial charge < -0.3 is 15.0 Å². The minimum absolute atomic E-state index is 0.0278. The number of aryl methyl sites for hydroxylation is 1. The van der Waals surface area contributed by atoms with Gasteiger partial charge in [0.15, 0.2) is 3.95 Å². The van der Waals surface area contributed by atoms with E-state index in [2.05, 4.69) is 10.3 Å². The van der Waals surface area contributed by atoms with E-state index in [9.17, 15) is 4.79 Å². The summed E-state index contributed by atoms with van der Waals surface area (Å²) in [6, 6.07) is 0. The number of aromatic nitrogens is 1. The quantitative estimate of drug-likeness (QED) is 0.835. The Bertz CT molecular complexity index is 487. The van der Waals surface area contributed by atoms with E-state index >= 15 is 0 Å². The fourth-order valence-electron chi connectivity index (χ4n) is 2.08. The smallest absolute Gasteiger partial charge is 0.225 e. The third-order valence-corrected chi connectivity index (χ3v) is 4.54. The van der Waals surface area contributed by atoms with Crippen molar-refractivity contribution in [1.82, 2.24) is 10.3 Å². The number of carbonyl (C=O) groups is 1. The Hall–Kier alpha value is -0.720. The van der Waals surface area contributed by atoms with Gasteiger partial charge in [0, 0.05) is 23.7 Å². The lowest BCUT2D eigenvalue weighted by Gasteiger charge is -2.23. The summed E-state index contributed by atoms with van der Waals surface area (Å²) in [7, 11) is 0. The molecule has 2 N–H and O–H groups in total. The Labute approximate surface area is 116 Å². The van der Waals surface area contributed by atoms with Crippen molar-refractivity contribution in [1.29, 1.82) is 0 Å². The average molecular weight is 286 g/mol. The van der Waals surface area contributed by atoms with Crippen LogP contribution in [0.5, 0.6) is 0 Å². The molecule has 1 saturated heterocycles. The Kier molecular flexibility index (Phi) is 4.19. The zero-order chi connectivity index (χ0) is 13.2. The fourth-order valence-corrected chi connectivity index (χ4v) is 3.37. The highest BCUT2D eigenvalue weighted by atomic mass is 32.1. The second kappa shape index (κ2) is 5.50. The monoisotopic (exact) mass is 286 g/mol. The van der Waals surface area contributed by atoms with Crippen molar-refractivity contribution in [2.75, 3.05) is 13.2 Å². The summed E-state index contributed by atoms with van der Waals surface area (Å²) in [5, 5.41) is 2.94. The Morgan fingerprint density at radius 1 is 1.67 bits per heavy atom. The molecule has 1 fully saturated rings. The molecule has 1 aromatic heterocycles. The number of carbonyl (C=O) groups excluding carboxylic acids is 1. The van der Waals surface area contributed by atoms with E-state index in [-0.39, 0.29) is 11.5 Å². The van der Waals surface area contributed by atoms with Gasteiger partial charge in [-0.1, -0.05) is 0 Å². The van der Waals surface area contributed by atoms with Gasteiger partial charge in [-0.25, -0.2) is 0 Å². The molecule has 0 aromatic carbocycles. The number of aromatic amines is 1. The van der Waals surface area contributed by atoms with E-state index in [1.807, 2.05) is 13.8 Å². The molecular formula is C12H18N2O2S2. The van der Waals surface area contributed by atoms with Gasteiger partial charge in [-0.15, -0.1) is 11.3 Å². The molecule has 0 bridgehead atoms. The zero-order valence-corrected chi connectivity index (χ0v) is 12.3. The SMILES string of the molecule is Cc1[nH]c(=S)sc1CC(=O)NCC1(C)CCCO1. The second-order valence-corrected chi connectivity index (χ2v) is 6.69. The lowest BCUT2D eigenvalue weighted by molar-refractivity contribution is -0.121. The standard InChI is InChI=1S/C12H18N2O2S2/c1-8-9(18-11(17)14-8)6-10(15)13-7-12(2)4-3-5-16-12/h3-7H2,1-2H3,(H,13,15)(H,14,17). The molecule has 0 radical (unpaired) electrons. The molecule has 18 heavy (non-hydrogen) atoms. The number of rotatable bonds is 4. The minimum Gasteiger partial charge on any atom is -0.373 e. The summed E-state index contributed by atoms with van der Waals surface area (Å²) >= 11 is 6.52. The lowest BCUT2D eigenvalue weighted by atomic mass is 10.0. The number of H-pyrrole nitrogens is 1. The summed E-state index contributed by atoms with van der Waals surface area (Å²) < 4.78 is 6.36. The first-order valence-electron chi connectivity index (χ1n) is 6.08. The summed E-state index contributed by atoms with van der Waals surface area (Å²) in [6.45, 7) is 5.37. The fraction of sp³-hybridized carbons (Fsp3) is 0.667. The zero-order valence-electron chi connectivity index (χ0n) is 10.7. The van der Waals surface area contributed by atoms with E-state index in [0.717, 1.165) is 34.0 Å². The number of ether oxygens (including phenoxy) is 1. The molecule has 2 heterocycles. The molecule has 1 amide bonds. The van der Waals surface area contributed by atoms with E-state index < -0.39 is 0 Å². The van der Waals surface area contributed by atoms with Gasteiger partial charge in [0.2, 0.25) is 5.91 Å². The Balaban J connectivity index is 1.85. The molecule has 1 aliphatic heterocycles. The van der Waals surface area contributed by atoms with Crippen molar-refractivity contribution in [3.05, 3.63) is 14.5 Å². The Morgan fingerprint density at radius 3 is 3.00 bits per heavy atom. The van der Waals surface area contributed by atoms with Gasteiger partial charge >= 0.3 is 0 Å². The molecule has 6 heteroatoms. The molecule has 1 aromatic rings. The first kappa shape index (κ1) is 13.7. The minimum atomic E-state index is -0.185. The van der Waals surface area contributed by atoms with Crippen LogP contribution in [0.3, 0.4) is 0 Å². The van der Waals surface area contributed by atoms with Crippen LogP contribution in [0, 0.1) is 10.9 Å². The molecule has 100 valence electrons. The molecule has 2 rings (SSSR count). The molecule has 1 atom stereocenters. The van der Waals surface area contributed by atoms with Gasteiger partial charge in [-0.2, -0.15) is 0 Å². The van der Waals surface area contributed by atoms with E-state index in [0.29, 0.717) is 13.0 Å². The summed E-state index contributed by atoms with van der Waals surface area (Å²) in [5.41, 5.74) is 0.804. The van der Waals surface area contributed by atoms with Crippen LogP contribution >= 0.6 is 23.6 Å². The predicted octanol–water partition coefficient (Wildman–Crippen LogP) is 2.34. The number of thiazole rings is 1. The lowest BCUT2D eigenvalue weighted by Crippen LogP contribution is -2.40. The van der Waals surface area contributed by atoms with Gasteiger partial charge in [0.1, 0.15) is 0 Å². The van der Waals surface area contributed by atoms with E-state index in [1.165, 1.54) is 11.3 Å². The van der Waals surface area contributed by atoms with Gasteiger partial charge in [0.25, 0.3) is 0 Å². The largest absolute Gasteiger partial charge is 0.373 e. The topological polar surface area (TPSA) is 54.1 Å². The maximum absolute atomic E-state index is 11.9. The molecule has 0 spiro atoms. The van der Waals surface area contributed by atoms with Crippen molar-refractivity contribution >= 4 is 29.5 Å². The van der Waals surface area contributed by atoms with Crippen molar-refractivity contribution in [3.63, 3.8) is 0 Å². The highest BCUT2D eigenvalue weighted by Gasteiger charge is 2.30. The molecule has 1 aliphatic rings. The molecular weight excluding hydrogens is 268 g/mol. The van der Waals surface area contributed by atoms with Crippen LogP contribution in [0.25, 0.3) is 0 Å². The van der Waals surface area contributed by atoms with Crippen molar-refractivity contribution in [2.24, 2.45) is 0 Å². The second-order valence-electron chi connectivity index (χ2n) is 4.92. The normalized spacial score (nSPS) is 23.2. The summed E-state index contributed by atoms with van der Waals surface area (Å²) in [6.07, 6.45) is 2.47. The third kappa shape index (κ3) is 3.40. The van der Waals surface area contributed by atoms with Crippen molar-refractivity contribution in [3.8, 4) is 0 Å². The highest BCUT2D eigenvalue weighted by molar-refractivity contribution is 7.73. The number of hydrogen-bond donors (Lipinski definition) is 2. The number of amides is 1. The average Bonchev–Trinajstić information content (AvgIpc) is 2.85. The molecule has 1 unspecified atom stereocenters. The van der Waals surface area contributed by atoms with Gasteiger partial charge in [-0.05, 0) is 38.9 Å². The first-order valence-corrected chi connectivity index (χ1v) is 7.30. The highest BCUT2D eigenvalue weighted by Crippen LogP contribution is 2.24. The number of nitrogens with one attached hydrogen (secondary N) is 2. The van der Waals surface area contributed by atoms with Crippen LogP contribution in [0.15, 0.2) is 0 Å². The number of hydrogen-bond acceptors (Lipinski definition) is 4. The van der Waals surface area contributed by atoms with Crippen molar-refractivity contribution < 1.29 is 9.53 Å². The van der Waals surface area contributed by atoms with Crippen LogP contribution in [0.2, 0.25) is 0 Å². The van der Waals surface area contributed by atoms with Gasteiger partial charge in [0.05, 0.1) is 12.0 Å². The third-order valence-electron chi connectivity index (χ3n) is 3.20. The molecule has 0 aliphatic carbocycles. The van der Waals surface area contributed by atoms with Crippen LogP contribution in [0.4, 0.5) is 0 Å². The first-order chi connectivity index (χ1) is 8.48. The van der Waals surface area contributed by atoms with E-state index in [1.54, 1.807) is 0 Å².